The molecule has 2 aliphatic heterocycles. The smallest absolute Gasteiger partial charge is 0.253 e. The molecule has 1 aromatic heterocycles. The van der Waals surface area contributed by atoms with Crippen LogP contribution in [0.3, 0.4) is 0 Å². The average Bonchev–Trinajstić information content (AvgIpc) is 3.03. The Bertz CT molecular complexity index is 755. The fraction of sp³-hybridized carbons (Fsp3) is 0.368. The Kier molecular flexibility index (Phi) is 4.46. The van der Waals surface area contributed by atoms with Crippen LogP contribution in [0, 0.1) is 5.82 Å². The zero-order valence-corrected chi connectivity index (χ0v) is 13.8. The summed E-state index contributed by atoms with van der Waals surface area (Å²) in [4.78, 5) is 18.4. The fourth-order valence-corrected chi connectivity index (χ4v) is 3.65. The van der Waals surface area contributed by atoms with Crippen molar-refractivity contribution in [1.82, 2.24) is 15.2 Å². The molecule has 2 aliphatic rings. The van der Waals surface area contributed by atoms with Crippen LogP contribution in [0.1, 0.15) is 28.4 Å². The van der Waals surface area contributed by atoms with E-state index in [1.165, 1.54) is 17.8 Å². The topological polar surface area (TPSA) is 54.5 Å². The molecular weight excluding hydrogens is 321 g/mol. The standard InChI is InChI=1S/C19H20FN3O2/c20-15-6-14(8-21-9-15)19(24)22-16-7-17-12-25-18(11-23(17)10-16)13-4-2-1-3-5-13/h1-6,8-9,16-18H,7,10-12H2,(H,22,24)/t16-,17+,18-/m1/s1. The van der Waals surface area contributed by atoms with Crippen LogP contribution in [0.4, 0.5) is 4.39 Å². The zero-order valence-electron chi connectivity index (χ0n) is 13.8. The van der Waals surface area contributed by atoms with Gasteiger partial charge in [0.05, 0.1) is 24.5 Å². The lowest BCUT2D eigenvalue weighted by atomic mass is 10.1. The van der Waals surface area contributed by atoms with Gasteiger partial charge >= 0.3 is 0 Å². The van der Waals surface area contributed by atoms with E-state index in [1.807, 2.05) is 18.2 Å². The van der Waals surface area contributed by atoms with Crippen LogP contribution in [0.15, 0.2) is 48.8 Å². The van der Waals surface area contributed by atoms with Crippen molar-refractivity contribution in [1.29, 1.82) is 0 Å². The molecule has 5 nitrogen and oxygen atoms in total. The average molecular weight is 341 g/mol. The van der Waals surface area contributed by atoms with E-state index in [0.29, 0.717) is 12.6 Å². The summed E-state index contributed by atoms with van der Waals surface area (Å²) in [7, 11) is 0. The monoisotopic (exact) mass is 341 g/mol. The number of pyridine rings is 1. The number of carbonyl (C=O) groups excluding carboxylic acids is 1. The molecule has 3 atom stereocenters. The minimum atomic E-state index is -0.504. The number of fused-ring (bicyclic) bond motifs is 1. The minimum Gasteiger partial charge on any atom is -0.371 e. The molecule has 0 radical (unpaired) electrons. The molecule has 0 saturated carbocycles. The van der Waals surface area contributed by atoms with Crippen molar-refractivity contribution in [2.24, 2.45) is 0 Å². The van der Waals surface area contributed by atoms with Gasteiger partial charge in [0.2, 0.25) is 0 Å². The number of amides is 1. The highest BCUT2D eigenvalue weighted by atomic mass is 19.1. The Hall–Kier alpha value is -2.31. The number of nitrogens with zero attached hydrogens (tertiary/aromatic N) is 2. The van der Waals surface area contributed by atoms with Gasteiger partial charge in [-0.3, -0.25) is 14.7 Å². The number of halogens is 1. The Morgan fingerprint density at radius 2 is 2.08 bits per heavy atom. The summed E-state index contributed by atoms with van der Waals surface area (Å²) in [5.74, 6) is -0.784. The van der Waals surface area contributed by atoms with Crippen molar-refractivity contribution in [2.75, 3.05) is 19.7 Å². The van der Waals surface area contributed by atoms with E-state index >= 15 is 0 Å². The van der Waals surface area contributed by atoms with E-state index in [1.54, 1.807) is 0 Å². The van der Waals surface area contributed by atoms with Gasteiger partial charge in [-0.15, -0.1) is 0 Å². The van der Waals surface area contributed by atoms with E-state index in [0.717, 1.165) is 25.7 Å². The molecule has 2 saturated heterocycles. The van der Waals surface area contributed by atoms with Crippen LogP contribution < -0.4 is 5.32 Å². The number of rotatable bonds is 3. The molecule has 0 aliphatic carbocycles. The maximum atomic E-state index is 13.2. The minimum absolute atomic E-state index is 0.0406. The van der Waals surface area contributed by atoms with Gasteiger partial charge in [-0.25, -0.2) is 4.39 Å². The summed E-state index contributed by atoms with van der Waals surface area (Å²) in [5, 5.41) is 2.99. The SMILES string of the molecule is O=C(N[C@@H]1C[C@H]2CO[C@@H](c3ccccc3)CN2C1)c1cncc(F)c1. The van der Waals surface area contributed by atoms with Crippen molar-refractivity contribution >= 4 is 5.91 Å². The van der Waals surface area contributed by atoms with Gasteiger partial charge in [-0.1, -0.05) is 30.3 Å². The predicted molar refractivity (Wildman–Crippen MR) is 90.6 cm³/mol. The molecule has 4 rings (SSSR count). The Balaban J connectivity index is 1.37. The molecule has 0 unspecified atom stereocenters. The largest absolute Gasteiger partial charge is 0.371 e. The highest BCUT2D eigenvalue weighted by Crippen LogP contribution is 2.30. The summed E-state index contributed by atoms with van der Waals surface area (Å²) in [5.41, 5.74) is 1.43. The van der Waals surface area contributed by atoms with Crippen molar-refractivity contribution in [2.45, 2.75) is 24.6 Å². The molecular formula is C19H20FN3O2. The third kappa shape index (κ3) is 3.55. The van der Waals surface area contributed by atoms with Crippen LogP contribution in [-0.4, -0.2) is 47.6 Å². The molecule has 0 bridgehead atoms. The van der Waals surface area contributed by atoms with E-state index in [-0.39, 0.29) is 23.6 Å². The van der Waals surface area contributed by atoms with Crippen molar-refractivity contribution < 1.29 is 13.9 Å². The van der Waals surface area contributed by atoms with Crippen LogP contribution in [-0.2, 0) is 4.74 Å². The highest BCUT2D eigenvalue weighted by Gasteiger charge is 2.38. The molecule has 3 heterocycles. The number of nitrogens with one attached hydrogen (secondary N) is 1. The molecule has 6 heteroatoms. The first-order valence-electron chi connectivity index (χ1n) is 8.51. The van der Waals surface area contributed by atoms with Gasteiger partial charge in [0.15, 0.2) is 0 Å². The lowest BCUT2D eigenvalue weighted by molar-refractivity contribution is -0.0502. The lowest BCUT2D eigenvalue weighted by Crippen LogP contribution is -2.43. The zero-order chi connectivity index (χ0) is 17.2. The van der Waals surface area contributed by atoms with Gasteiger partial charge in [0, 0.05) is 31.4 Å². The van der Waals surface area contributed by atoms with Crippen LogP contribution >= 0.6 is 0 Å². The highest BCUT2D eigenvalue weighted by molar-refractivity contribution is 5.94. The lowest BCUT2D eigenvalue weighted by Gasteiger charge is -2.35. The molecule has 2 fully saturated rings. The molecule has 1 N–H and O–H groups in total. The molecule has 0 spiro atoms. The molecule has 130 valence electrons. The Labute approximate surface area is 145 Å². The number of aromatic nitrogens is 1. The van der Waals surface area contributed by atoms with Gasteiger partial charge in [-0.05, 0) is 18.1 Å². The Morgan fingerprint density at radius 3 is 2.88 bits per heavy atom. The number of hydrogen-bond acceptors (Lipinski definition) is 4. The van der Waals surface area contributed by atoms with Crippen LogP contribution in [0.25, 0.3) is 0 Å². The second-order valence-corrected chi connectivity index (χ2v) is 6.64. The van der Waals surface area contributed by atoms with Gasteiger partial charge in [0.25, 0.3) is 5.91 Å². The summed E-state index contributed by atoms with van der Waals surface area (Å²) in [6.07, 6.45) is 3.39. The van der Waals surface area contributed by atoms with Crippen molar-refractivity contribution in [3.05, 3.63) is 65.7 Å². The Morgan fingerprint density at radius 1 is 1.24 bits per heavy atom. The molecule has 2 aromatic rings. The quantitative estimate of drug-likeness (QED) is 0.930. The first kappa shape index (κ1) is 16.2. The number of hydrogen-bond donors (Lipinski definition) is 1. The van der Waals surface area contributed by atoms with Crippen molar-refractivity contribution in [3.63, 3.8) is 0 Å². The number of benzene rings is 1. The molecule has 25 heavy (non-hydrogen) atoms. The van der Waals surface area contributed by atoms with Gasteiger partial charge < -0.3 is 10.1 Å². The van der Waals surface area contributed by atoms with Crippen LogP contribution in [0.5, 0.6) is 0 Å². The molecule has 1 aromatic carbocycles. The third-order valence-corrected chi connectivity index (χ3v) is 4.89. The predicted octanol–water partition coefficient (Wildman–Crippen LogP) is 2.16. The number of carbonyl (C=O) groups is 1. The fourth-order valence-electron chi connectivity index (χ4n) is 3.65. The molecule has 1 amide bonds. The van der Waals surface area contributed by atoms with E-state index in [4.69, 9.17) is 4.74 Å². The maximum absolute atomic E-state index is 13.2. The first-order chi connectivity index (χ1) is 12.2. The summed E-state index contributed by atoms with van der Waals surface area (Å²) in [6, 6.07) is 11.8. The summed E-state index contributed by atoms with van der Waals surface area (Å²) < 4.78 is 19.2. The second kappa shape index (κ2) is 6.90. The van der Waals surface area contributed by atoms with E-state index in [2.05, 4.69) is 27.3 Å². The van der Waals surface area contributed by atoms with Gasteiger partial charge in [0.1, 0.15) is 5.82 Å². The third-order valence-electron chi connectivity index (χ3n) is 4.89. The van der Waals surface area contributed by atoms with E-state index < -0.39 is 5.82 Å². The summed E-state index contributed by atoms with van der Waals surface area (Å²) in [6.45, 7) is 2.27. The number of morpholine rings is 1. The van der Waals surface area contributed by atoms with E-state index in [9.17, 15) is 9.18 Å². The first-order valence-corrected chi connectivity index (χ1v) is 8.51. The maximum Gasteiger partial charge on any atom is 0.253 e. The van der Waals surface area contributed by atoms with Crippen LogP contribution in [0.2, 0.25) is 0 Å². The second-order valence-electron chi connectivity index (χ2n) is 6.64. The summed E-state index contributed by atoms with van der Waals surface area (Å²) >= 11 is 0. The van der Waals surface area contributed by atoms with Crippen molar-refractivity contribution in [3.8, 4) is 0 Å². The normalized spacial score (nSPS) is 26.2. The van der Waals surface area contributed by atoms with Gasteiger partial charge in [-0.2, -0.15) is 0 Å². The number of ether oxygens (including phenoxy) is 1.